The molecule has 1 atom stereocenters. The number of aliphatic carboxylic acids is 1. The number of carboxylic acids is 1. The standard InChI is InChI=1S/C12H19NO3/c1-11(2,3)10(16)13-7-12(4-5-12)6-8(13)9(14)15/h8H,4-7H2,1-3H3,(H,14,15)/t8-/m0/s1. The lowest BCUT2D eigenvalue weighted by atomic mass is 9.94. The molecule has 0 unspecified atom stereocenters. The normalized spacial score (nSPS) is 27.2. The van der Waals surface area contributed by atoms with Crippen molar-refractivity contribution in [2.45, 2.75) is 46.1 Å². The molecular weight excluding hydrogens is 206 g/mol. The first-order valence-electron chi connectivity index (χ1n) is 5.79. The van der Waals surface area contributed by atoms with Crippen LogP contribution in [0.15, 0.2) is 0 Å². The Balaban J connectivity index is 2.19. The molecule has 1 saturated heterocycles. The Kier molecular flexibility index (Phi) is 2.30. The molecule has 1 spiro atoms. The lowest BCUT2D eigenvalue weighted by Crippen LogP contribution is -2.45. The number of amides is 1. The average molecular weight is 225 g/mol. The predicted octanol–water partition coefficient (Wildman–Crippen LogP) is 1.50. The highest BCUT2D eigenvalue weighted by Gasteiger charge is 2.56. The third-order valence-corrected chi connectivity index (χ3v) is 3.65. The molecule has 1 aliphatic carbocycles. The van der Waals surface area contributed by atoms with Crippen LogP contribution in [0.25, 0.3) is 0 Å². The first kappa shape index (κ1) is 11.4. The molecule has 1 heterocycles. The van der Waals surface area contributed by atoms with Gasteiger partial charge in [0, 0.05) is 12.0 Å². The van der Waals surface area contributed by atoms with Gasteiger partial charge in [-0.05, 0) is 24.7 Å². The topological polar surface area (TPSA) is 57.6 Å². The van der Waals surface area contributed by atoms with Crippen molar-refractivity contribution in [1.29, 1.82) is 0 Å². The summed E-state index contributed by atoms with van der Waals surface area (Å²) in [5, 5.41) is 9.16. The van der Waals surface area contributed by atoms with E-state index < -0.39 is 17.4 Å². The molecule has 90 valence electrons. The quantitative estimate of drug-likeness (QED) is 0.735. The minimum absolute atomic E-state index is 0.0383. The van der Waals surface area contributed by atoms with E-state index in [0.29, 0.717) is 13.0 Å². The van der Waals surface area contributed by atoms with E-state index in [1.54, 1.807) is 4.90 Å². The van der Waals surface area contributed by atoms with Crippen LogP contribution in [0.4, 0.5) is 0 Å². The summed E-state index contributed by atoms with van der Waals surface area (Å²) in [6.07, 6.45) is 2.79. The van der Waals surface area contributed by atoms with E-state index in [2.05, 4.69) is 0 Å². The van der Waals surface area contributed by atoms with Crippen LogP contribution in [0, 0.1) is 10.8 Å². The number of hydrogen-bond donors (Lipinski definition) is 1. The molecular formula is C12H19NO3. The second-order valence-electron chi connectivity index (χ2n) is 6.24. The molecule has 2 rings (SSSR count). The monoisotopic (exact) mass is 225 g/mol. The number of carbonyl (C=O) groups excluding carboxylic acids is 1. The van der Waals surface area contributed by atoms with Gasteiger partial charge in [-0.25, -0.2) is 4.79 Å². The third-order valence-electron chi connectivity index (χ3n) is 3.65. The van der Waals surface area contributed by atoms with Crippen LogP contribution in [0.3, 0.4) is 0 Å². The molecule has 4 nitrogen and oxygen atoms in total. The zero-order chi connectivity index (χ0) is 12.1. The summed E-state index contributed by atoms with van der Waals surface area (Å²) in [5.74, 6) is -0.898. The molecule has 0 aromatic carbocycles. The number of hydrogen-bond acceptors (Lipinski definition) is 2. The van der Waals surface area contributed by atoms with Gasteiger partial charge in [-0.1, -0.05) is 20.8 Å². The summed E-state index contributed by atoms with van der Waals surface area (Å²) in [6.45, 7) is 6.16. The Morgan fingerprint density at radius 3 is 2.25 bits per heavy atom. The van der Waals surface area contributed by atoms with Crippen LogP contribution in [0.5, 0.6) is 0 Å². The van der Waals surface area contributed by atoms with Gasteiger partial charge >= 0.3 is 5.97 Å². The fourth-order valence-electron chi connectivity index (χ4n) is 2.46. The van der Waals surface area contributed by atoms with Crippen molar-refractivity contribution in [3.8, 4) is 0 Å². The van der Waals surface area contributed by atoms with Gasteiger partial charge < -0.3 is 10.0 Å². The lowest BCUT2D eigenvalue weighted by molar-refractivity contribution is -0.151. The van der Waals surface area contributed by atoms with E-state index in [4.69, 9.17) is 5.11 Å². The minimum Gasteiger partial charge on any atom is -0.480 e. The van der Waals surface area contributed by atoms with Gasteiger partial charge in [0.1, 0.15) is 6.04 Å². The fraction of sp³-hybridized carbons (Fsp3) is 0.833. The second-order valence-corrected chi connectivity index (χ2v) is 6.24. The Morgan fingerprint density at radius 1 is 1.31 bits per heavy atom. The largest absolute Gasteiger partial charge is 0.480 e. The first-order chi connectivity index (χ1) is 7.25. The number of nitrogens with zero attached hydrogens (tertiary/aromatic N) is 1. The van der Waals surface area contributed by atoms with Crippen molar-refractivity contribution in [3.63, 3.8) is 0 Å². The van der Waals surface area contributed by atoms with Gasteiger partial charge in [0.05, 0.1) is 0 Å². The number of likely N-dealkylation sites (tertiary alicyclic amines) is 1. The molecule has 0 aromatic heterocycles. The molecule has 0 bridgehead atoms. The first-order valence-corrected chi connectivity index (χ1v) is 5.79. The molecule has 1 aliphatic heterocycles. The smallest absolute Gasteiger partial charge is 0.326 e. The predicted molar refractivity (Wildman–Crippen MR) is 58.9 cm³/mol. The molecule has 0 radical (unpaired) electrons. The van der Waals surface area contributed by atoms with E-state index in [9.17, 15) is 9.59 Å². The van der Waals surface area contributed by atoms with Crippen LogP contribution in [0.2, 0.25) is 0 Å². The Morgan fingerprint density at radius 2 is 1.88 bits per heavy atom. The van der Waals surface area contributed by atoms with Gasteiger partial charge in [0.2, 0.25) is 5.91 Å². The maximum absolute atomic E-state index is 12.2. The van der Waals surface area contributed by atoms with Crippen LogP contribution in [-0.2, 0) is 9.59 Å². The number of carboxylic acid groups (broad SMARTS) is 1. The highest BCUT2D eigenvalue weighted by molar-refractivity contribution is 5.87. The number of rotatable bonds is 1. The zero-order valence-corrected chi connectivity index (χ0v) is 10.1. The van der Waals surface area contributed by atoms with Gasteiger partial charge in [-0.2, -0.15) is 0 Å². The molecule has 1 N–H and O–H groups in total. The van der Waals surface area contributed by atoms with Gasteiger partial charge in [0.25, 0.3) is 0 Å². The Labute approximate surface area is 95.6 Å². The van der Waals surface area contributed by atoms with E-state index in [0.717, 1.165) is 12.8 Å². The SMILES string of the molecule is CC(C)(C)C(=O)N1CC2(CC2)C[C@H]1C(=O)O. The van der Waals surface area contributed by atoms with Crippen molar-refractivity contribution in [3.05, 3.63) is 0 Å². The molecule has 1 saturated carbocycles. The summed E-state index contributed by atoms with van der Waals surface area (Å²) in [5.41, 5.74) is -0.349. The van der Waals surface area contributed by atoms with Crippen LogP contribution in [-0.4, -0.2) is 34.5 Å². The highest BCUT2D eigenvalue weighted by atomic mass is 16.4. The van der Waals surface area contributed by atoms with Crippen LogP contribution >= 0.6 is 0 Å². The van der Waals surface area contributed by atoms with Gasteiger partial charge in [0.15, 0.2) is 0 Å². The summed E-state index contributed by atoms with van der Waals surface area (Å²) in [7, 11) is 0. The maximum Gasteiger partial charge on any atom is 0.326 e. The Bertz CT molecular complexity index is 339. The van der Waals surface area contributed by atoms with E-state index in [1.165, 1.54) is 0 Å². The molecule has 2 aliphatic rings. The van der Waals surface area contributed by atoms with Crippen molar-refractivity contribution >= 4 is 11.9 Å². The van der Waals surface area contributed by atoms with Crippen molar-refractivity contribution < 1.29 is 14.7 Å². The maximum atomic E-state index is 12.2. The molecule has 16 heavy (non-hydrogen) atoms. The zero-order valence-electron chi connectivity index (χ0n) is 10.1. The summed E-state index contributed by atoms with van der Waals surface area (Å²) < 4.78 is 0. The van der Waals surface area contributed by atoms with E-state index >= 15 is 0 Å². The van der Waals surface area contributed by atoms with Gasteiger partial charge in [-0.3, -0.25) is 4.79 Å². The Hall–Kier alpha value is -1.06. The van der Waals surface area contributed by atoms with Crippen molar-refractivity contribution in [2.24, 2.45) is 10.8 Å². The average Bonchev–Trinajstić information content (AvgIpc) is 2.74. The van der Waals surface area contributed by atoms with Crippen molar-refractivity contribution in [2.75, 3.05) is 6.54 Å². The molecule has 1 amide bonds. The summed E-state index contributed by atoms with van der Waals surface area (Å²) in [6, 6.07) is -0.603. The summed E-state index contributed by atoms with van der Waals surface area (Å²) in [4.78, 5) is 24.9. The van der Waals surface area contributed by atoms with Gasteiger partial charge in [-0.15, -0.1) is 0 Å². The molecule has 4 heteroatoms. The van der Waals surface area contributed by atoms with E-state index in [-0.39, 0.29) is 11.3 Å². The molecule has 2 fully saturated rings. The lowest BCUT2D eigenvalue weighted by Gasteiger charge is -2.28. The van der Waals surface area contributed by atoms with Crippen LogP contribution in [0.1, 0.15) is 40.0 Å². The van der Waals surface area contributed by atoms with Crippen molar-refractivity contribution in [1.82, 2.24) is 4.90 Å². The second kappa shape index (κ2) is 3.22. The highest BCUT2D eigenvalue weighted by Crippen LogP contribution is 2.55. The summed E-state index contributed by atoms with van der Waals surface area (Å²) >= 11 is 0. The fourth-order valence-corrected chi connectivity index (χ4v) is 2.46. The molecule has 0 aromatic rings. The van der Waals surface area contributed by atoms with E-state index in [1.807, 2.05) is 20.8 Å². The van der Waals surface area contributed by atoms with Crippen LogP contribution < -0.4 is 0 Å². The minimum atomic E-state index is -0.860. The third kappa shape index (κ3) is 1.81. The number of carbonyl (C=O) groups is 2.